The summed E-state index contributed by atoms with van der Waals surface area (Å²) < 4.78 is 1.83. The normalized spacial score (nSPS) is 23.2. The third kappa shape index (κ3) is 0.600. The van der Waals surface area contributed by atoms with Crippen LogP contribution in [0.1, 0.15) is 17.9 Å². The second-order valence-corrected chi connectivity index (χ2v) is 2.52. The summed E-state index contributed by atoms with van der Waals surface area (Å²) in [7, 11) is 0. The lowest BCUT2D eigenvalue weighted by molar-refractivity contribution is -0.747. The minimum absolute atomic E-state index is 0.447. The third-order valence-electron chi connectivity index (χ3n) is 1.86. The van der Waals surface area contributed by atoms with E-state index >= 15 is 0 Å². The molecule has 3 N–H and O–H groups in total. The van der Waals surface area contributed by atoms with E-state index < -0.39 is 6.35 Å². The van der Waals surface area contributed by atoms with Crippen LogP contribution in [0.5, 0.6) is 0 Å². The number of imidazole rings is 1. The first-order valence-corrected chi connectivity index (χ1v) is 3.33. The van der Waals surface area contributed by atoms with Crippen molar-refractivity contribution in [3.05, 3.63) is 17.7 Å². The second kappa shape index (κ2) is 1.81. The lowest BCUT2D eigenvalue weighted by Gasteiger charge is -2.01. The molecule has 0 spiro atoms. The number of nitrogens with zero attached hydrogens (tertiary/aromatic N) is 2. The zero-order chi connectivity index (χ0) is 7.14. The summed E-state index contributed by atoms with van der Waals surface area (Å²) in [4.78, 5) is 4.07. The van der Waals surface area contributed by atoms with Gasteiger partial charge < -0.3 is 5.11 Å². The van der Waals surface area contributed by atoms with Crippen molar-refractivity contribution in [2.24, 2.45) is 0 Å². The molecule has 0 saturated carbocycles. The summed E-state index contributed by atoms with van der Waals surface area (Å²) in [6.07, 6.45) is 1.36. The number of fused-ring (bicyclic) bond motifs is 1. The fourth-order valence-corrected chi connectivity index (χ4v) is 1.34. The van der Waals surface area contributed by atoms with Crippen molar-refractivity contribution in [3.8, 4) is 0 Å². The van der Waals surface area contributed by atoms with Crippen LogP contribution in [0.3, 0.4) is 0 Å². The molecule has 1 aliphatic heterocycles. The van der Waals surface area contributed by atoms with Gasteiger partial charge >= 0.3 is 0 Å². The smallest absolute Gasteiger partial charge is 0.276 e. The van der Waals surface area contributed by atoms with E-state index in [1.165, 1.54) is 0 Å². The monoisotopic (exact) mass is 140 g/mol. The Labute approximate surface area is 58.5 Å². The van der Waals surface area contributed by atoms with Gasteiger partial charge in [0.2, 0.25) is 0 Å². The second-order valence-electron chi connectivity index (χ2n) is 2.52. The molecule has 2 heterocycles. The van der Waals surface area contributed by atoms with E-state index in [0.717, 1.165) is 18.1 Å². The van der Waals surface area contributed by atoms with E-state index in [2.05, 4.69) is 4.98 Å². The Hall–Kier alpha value is -0.870. The number of aliphatic hydroxyl groups excluding tert-OH is 1. The molecule has 1 unspecified atom stereocenters. The molecule has 54 valence electrons. The zero-order valence-electron chi connectivity index (χ0n) is 5.78. The van der Waals surface area contributed by atoms with Crippen molar-refractivity contribution in [1.29, 1.82) is 0 Å². The summed E-state index contributed by atoms with van der Waals surface area (Å²) in [6, 6.07) is 0. The van der Waals surface area contributed by atoms with Gasteiger partial charge in [-0.1, -0.05) is 0 Å². The molecule has 1 atom stereocenters. The SMILES string of the molecule is Cc1ncc2n1C(O)[NH2+]C2. The topological polar surface area (TPSA) is 54.7 Å². The molecular weight excluding hydrogens is 130 g/mol. The highest BCUT2D eigenvalue weighted by Gasteiger charge is 2.24. The number of nitrogens with two attached hydrogens (primary N) is 1. The Bertz CT molecular complexity index is 255. The van der Waals surface area contributed by atoms with Crippen molar-refractivity contribution in [1.82, 2.24) is 9.55 Å². The van der Waals surface area contributed by atoms with Crippen molar-refractivity contribution >= 4 is 0 Å². The highest BCUT2D eigenvalue weighted by Crippen LogP contribution is 2.10. The van der Waals surface area contributed by atoms with Gasteiger partial charge in [0.05, 0.1) is 6.20 Å². The van der Waals surface area contributed by atoms with E-state index in [9.17, 15) is 5.11 Å². The van der Waals surface area contributed by atoms with Gasteiger partial charge in [0.15, 0.2) is 0 Å². The number of aliphatic hydroxyl groups is 1. The summed E-state index contributed by atoms with van der Waals surface area (Å²) in [6.45, 7) is 2.73. The molecule has 4 nitrogen and oxygen atoms in total. The predicted molar refractivity (Wildman–Crippen MR) is 33.8 cm³/mol. The molecule has 0 amide bonds. The summed E-state index contributed by atoms with van der Waals surface area (Å²) in [5.74, 6) is 0.885. The Morgan fingerprint density at radius 2 is 2.70 bits per heavy atom. The van der Waals surface area contributed by atoms with Crippen LogP contribution in [0.2, 0.25) is 0 Å². The van der Waals surface area contributed by atoms with Crippen molar-refractivity contribution in [2.45, 2.75) is 19.8 Å². The number of hydrogen-bond acceptors (Lipinski definition) is 2. The van der Waals surface area contributed by atoms with Gasteiger partial charge in [-0.15, -0.1) is 0 Å². The number of quaternary nitrogens is 1. The first kappa shape index (κ1) is 5.88. The molecule has 1 aromatic rings. The van der Waals surface area contributed by atoms with E-state index in [-0.39, 0.29) is 0 Å². The minimum atomic E-state index is -0.447. The predicted octanol–water partition coefficient (Wildman–Crippen LogP) is -1.28. The van der Waals surface area contributed by atoms with Crippen molar-refractivity contribution < 1.29 is 10.4 Å². The highest BCUT2D eigenvalue weighted by atomic mass is 16.3. The Morgan fingerprint density at radius 1 is 1.90 bits per heavy atom. The molecule has 1 aliphatic rings. The quantitative estimate of drug-likeness (QED) is 0.471. The lowest BCUT2D eigenvalue weighted by atomic mass is 10.5. The van der Waals surface area contributed by atoms with Crippen LogP contribution in [0, 0.1) is 6.92 Å². The van der Waals surface area contributed by atoms with Crippen molar-refractivity contribution in [3.63, 3.8) is 0 Å². The maximum Gasteiger partial charge on any atom is 0.276 e. The van der Waals surface area contributed by atoms with Crippen LogP contribution in [0.4, 0.5) is 0 Å². The molecule has 4 heteroatoms. The number of aryl methyl sites for hydroxylation is 1. The van der Waals surface area contributed by atoms with Gasteiger partial charge in [0.1, 0.15) is 18.1 Å². The first-order chi connectivity index (χ1) is 4.79. The van der Waals surface area contributed by atoms with E-state index in [0.29, 0.717) is 0 Å². The summed E-state index contributed by atoms with van der Waals surface area (Å²) in [5.41, 5.74) is 1.10. The Kier molecular flexibility index (Phi) is 1.06. The number of rotatable bonds is 0. The van der Waals surface area contributed by atoms with Gasteiger partial charge in [-0.2, -0.15) is 0 Å². The maximum absolute atomic E-state index is 9.32. The van der Waals surface area contributed by atoms with Crippen molar-refractivity contribution in [2.75, 3.05) is 0 Å². The van der Waals surface area contributed by atoms with Crippen LogP contribution < -0.4 is 5.32 Å². The van der Waals surface area contributed by atoms with Crippen LogP contribution in [0.15, 0.2) is 6.20 Å². The highest BCUT2D eigenvalue weighted by molar-refractivity contribution is 5.04. The van der Waals surface area contributed by atoms with E-state index in [4.69, 9.17) is 0 Å². The average Bonchev–Trinajstić information content (AvgIpc) is 2.40. The van der Waals surface area contributed by atoms with Gasteiger partial charge in [-0.25, -0.2) is 4.98 Å². The summed E-state index contributed by atoms with van der Waals surface area (Å²) in [5, 5.41) is 11.2. The minimum Gasteiger partial charge on any atom is -0.327 e. The molecule has 0 saturated heterocycles. The molecule has 0 aliphatic carbocycles. The van der Waals surface area contributed by atoms with Crippen LogP contribution in [-0.2, 0) is 6.54 Å². The fraction of sp³-hybridized carbons (Fsp3) is 0.500. The zero-order valence-corrected chi connectivity index (χ0v) is 5.78. The Morgan fingerprint density at radius 3 is 3.40 bits per heavy atom. The largest absolute Gasteiger partial charge is 0.327 e. The van der Waals surface area contributed by atoms with Gasteiger partial charge in [-0.05, 0) is 6.92 Å². The fourth-order valence-electron chi connectivity index (χ4n) is 1.34. The standard InChI is InChI=1S/C6H9N3O/c1-4-7-2-5-3-8-6(10)9(4)5/h2,6,8,10H,3H2,1H3/p+1. The van der Waals surface area contributed by atoms with Crippen LogP contribution in [0.25, 0.3) is 0 Å². The number of aromatic nitrogens is 2. The van der Waals surface area contributed by atoms with E-state index in [1.54, 1.807) is 0 Å². The van der Waals surface area contributed by atoms with Gasteiger partial charge in [-0.3, -0.25) is 9.88 Å². The van der Waals surface area contributed by atoms with Gasteiger partial charge in [0.25, 0.3) is 6.35 Å². The average molecular weight is 140 g/mol. The molecule has 0 fully saturated rings. The molecule has 0 aromatic carbocycles. The third-order valence-corrected chi connectivity index (χ3v) is 1.86. The molecule has 0 bridgehead atoms. The first-order valence-electron chi connectivity index (χ1n) is 3.33. The molecule has 10 heavy (non-hydrogen) atoms. The van der Waals surface area contributed by atoms with E-state index in [1.807, 2.05) is 23.0 Å². The molecule has 2 rings (SSSR count). The van der Waals surface area contributed by atoms with Crippen LogP contribution >= 0.6 is 0 Å². The molecule has 1 aromatic heterocycles. The Balaban J connectivity index is 2.54. The van der Waals surface area contributed by atoms with Gasteiger partial charge in [0, 0.05) is 0 Å². The van der Waals surface area contributed by atoms with Crippen LogP contribution in [-0.4, -0.2) is 14.7 Å². The number of hydrogen-bond donors (Lipinski definition) is 2. The lowest BCUT2D eigenvalue weighted by Crippen LogP contribution is -2.81. The maximum atomic E-state index is 9.32. The summed E-state index contributed by atoms with van der Waals surface area (Å²) >= 11 is 0. The molecule has 0 radical (unpaired) electrons. The molecular formula is C6H10N3O+.